The molecule has 0 radical (unpaired) electrons. The van der Waals surface area contributed by atoms with Crippen LogP contribution in [-0.4, -0.2) is 30.3 Å². The lowest BCUT2D eigenvalue weighted by Gasteiger charge is -2.12. The van der Waals surface area contributed by atoms with Gasteiger partial charge in [-0.15, -0.1) is 11.8 Å². The molecule has 0 saturated heterocycles. The molecule has 1 saturated carbocycles. The first-order valence-corrected chi connectivity index (χ1v) is 7.38. The highest BCUT2D eigenvalue weighted by Gasteiger charge is 2.25. The Morgan fingerprint density at radius 1 is 1.40 bits per heavy atom. The number of nitrogens with one attached hydrogen (secondary N) is 2. The molecule has 2 rings (SSSR count). The molecule has 1 unspecified atom stereocenters. The van der Waals surface area contributed by atoms with Gasteiger partial charge in [0.1, 0.15) is 5.75 Å². The minimum Gasteiger partial charge on any atom is -0.497 e. The van der Waals surface area contributed by atoms with Crippen molar-refractivity contribution in [3.05, 3.63) is 24.3 Å². The van der Waals surface area contributed by atoms with Crippen LogP contribution in [0.3, 0.4) is 0 Å². The van der Waals surface area contributed by atoms with Crippen LogP contribution in [-0.2, 0) is 4.79 Å². The van der Waals surface area contributed by atoms with Gasteiger partial charge in [0, 0.05) is 10.9 Å². The van der Waals surface area contributed by atoms with Crippen LogP contribution in [0.2, 0.25) is 0 Å². The van der Waals surface area contributed by atoms with Gasteiger partial charge in [-0.25, -0.2) is 4.79 Å². The van der Waals surface area contributed by atoms with Crippen molar-refractivity contribution in [3.8, 4) is 5.75 Å². The van der Waals surface area contributed by atoms with Crippen LogP contribution >= 0.6 is 11.8 Å². The molecule has 1 aromatic carbocycles. The maximum atomic E-state index is 11.9. The van der Waals surface area contributed by atoms with Crippen molar-refractivity contribution in [2.24, 2.45) is 0 Å². The molecule has 2 N–H and O–H groups in total. The molecule has 3 amide bonds. The molecule has 1 atom stereocenters. The van der Waals surface area contributed by atoms with E-state index in [4.69, 9.17) is 4.74 Å². The van der Waals surface area contributed by atoms with E-state index < -0.39 is 6.03 Å². The van der Waals surface area contributed by atoms with Crippen molar-refractivity contribution < 1.29 is 14.3 Å². The van der Waals surface area contributed by atoms with E-state index in [1.165, 1.54) is 11.8 Å². The molecule has 0 heterocycles. The minimum atomic E-state index is -0.407. The number of carbonyl (C=O) groups is 2. The van der Waals surface area contributed by atoms with E-state index in [0.29, 0.717) is 0 Å². The van der Waals surface area contributed by atoms with Crippen molar-refractivity contribution in [1.29, 1.82) is 0 Å². The highest BCUT2D eigenvalue weighted by Crippen LogP contribution is 2.26. The molecule has 1 aromatic rings. The monoisotopic (exact) mass is 294 g/mol. The number of carbonyl (C=O) groups excluding carboxylic acids is 2. The normalized spacial score (nSPS) is 15.3. The zero-order valence-corrected chi connectivity index (χ0v) is 12.3. The Hall–Kier alpha value is -1.69. The third kappa shape index (κ3) is 4.45. The quantitative estimate of drug-likeness (QED) is 0.817. The molecule has 6 heteroatoms. The summed E-state index contributed by atoms with van der Waals surface area (Å²) < 4.78 is 5.13. The second-order valence-corrected chi connectivity index (χ2v) is 6.09. The third-order valence-corrected chi connectivity index (χ3v) is 3.97. The number of urea groups is 1. The Labute approximate surface area is 122 Å². The Morgan fingerprint density at radius 2 is 2.15 bits per heavy atom. The van der Waals surface area contributed by atoms with Crippen LogP contribution in [0.15, 0.2) is 29.2 Å². The molecule has 1 aliphatic carbocycles. The molecule has 0 aliphatic heterocycles. The van der Waals surface area contributed by atoms with Crippen LogP contribution < -0.4 is 15.4 Å². The van der Waals surface area contributed by atoms with Crippen molar-refractivity contribution in [1.82, 2.24) is 10.6 Å². The summed E-state index contributed by atoms with van der Waals surface area (Å²) in [6.07, 6.45) is 1.99. The highest BCUT2D eigenvalue weighted by atomic mass is 32.2. The summed E-state index contributed by atoms with van der Waals surface area (Å²) in [5.74, 6) is 0.449. The number of benzene rings is 1. The number of amides is 3. The SMILES string of the molecule is COc1cccc(SC(C)C(=O)NC(=O)NC2CC2)c1. The van der Waals surface area contributed by atoms with Crippen molar-refractivity contribution in [2.45, 2.75) is 36.0 Å². The molecule has 0 bridgehead atoms. The fourth-order valence-corrected chi connectivity index (χ4v) is 2.51. The van der Waals surface area contributed by atoms with Crippen LogP contribution in [0.5, 0.6) is 5.75 Å². The number of imide groups is 1. The number of methoxy groups -OCH3 is 1. The summed E-state index contributed by atoms with van der Waals surface area (Å²) in [5.41, 5.74) is 0. The standard InChI is InChI=1S/C14H18N2O3S/c1-9(13(17)16-14(18)15-10-6-7-10)20-12-5-3-4-11(8-12)19-2/h3-5,8-10H,6-7H2,1-2H3,(H2,15,16,17,18). The minimum absolute atomic E-state index is 0.240. The predicted molar refractivity (Wildman–Crippen MR) is 78.0 cm³/mol. The average molecular weight is 294 g/mol. The first kappa shape index (κ1) is 14.7. The van der Waals surface area contributed by atoms with E-state index in [2.05, 4.69) is 10.6 Å². The van der Waals surface area contributed by atoms with Crippen LogP contribution in [0, 0.1) is 0 Å². The first-order chi connectivity index (χ1) is 9.58. The number of hydrogen-bond donors (Lipinski definition) is 2. The summed E-state index contributed by atoms with van der Waals surface area (Å²) in [6, 6.07) is 7.31. The zero-order valence-electron chi connectivity index (χ0n) is 11.5. The predicted octanol–water partition coefficient (Wildman–Crippen LogP) is 2.16. The number of ether oxygens (including phenoxy) is 1. The topological polar surface area (TPSA) is 67.4 Å². The summed E-state index contributed by atoms with van der Waals surface area (Å²) >= 11 is 1.39. The summed E-state index contributed by atoms with van der Waals surface area (Å²) in [5, 5.41) is 4.73. The fraction of sp³-hybridized carbons (Fsp3) is 0.429. The molecule has 1 fully saturated rings. The van der Waals surface area contributed by atoms with Gasteiger partial charge in [-0.2, -0.15) is 0 Å². The van der Waals surface area contributed by atoms with Gasteiger partial charge in [0.15, 0.2) is 0 Å². The van der Waals surface area contributed by atoms with Gasteiger partial charge in [0.2, 0.25) is 5.91 Å². The van der Waals surface area contributed by atoms with Gasteiger partial charge in [0.05, 0.1) is 12.4 Å². The van der Waals surface area contributed by atoms with E-state index in [9.17, 15) is 9.59 Å². The van der Waals surface area contributed by atoms with Crippen molar-refractivity contribution in [2.75, 3.05) is 7.11 Å². The third-order valence-electron chi connectivity index (χ3n) is 2.87. The molecule has 1 aliphatic rings. The van der Waals surface area contributed by atoms with Gasteiger partial charge in [-0.05, 0) is 38.0 Å². The lowest BCUT2D eigenvalue weighted by Crippen LogP contribution is -2.43. The first-order valence-electron chi connectivity index (χ1n) is 6.50. The number of rotatable bonds is 5. The molecular formula is C14H18N2O3S. The Bertz CT molecular complexity index is 503. The lowest BCUT2D eigenvalue weighted by molar-refractivity contribution is -0.119. The number of thioether (sulfide) groups is 1. The Kier molecular flexibility index (Phi) is 4.89. The van der Waals surface area contributed by atoms with E-state index in [-0.39, 0.29) is 17.2 Å². The average Bonchev–Trinajstić information content (AvgIpc) is 3.22. The maximum Gasteiger partial charge on any atom is 0.321 e. The molecule has 5 nitrogen and oxygen atoms in total. The molecule has 0 aromatic heterocycles. The van der Waals surface area contributed by atoms with Crippen molar-refractivity contribution >= 4 is 23.7 Å². The van der Waals surface area contributed by atoms with Gasteiger partial charge >= 0.3 is 6.03 Å². The second kappa shape index (κ2) is 6.65. The summed E-state index contributed by atoms with van der Waals surface area (Å²) in [7, 11) is 1.60. The van der Waals surface area contributed by atoms with E-state index in [1.54, 1.807) is 14.0 Å². The van der Waals surface area contributed by atoms with Crippen LogP contribution in [0.4, 0.5) is 4.79 Å². The second-order valence-electron chi connectivity index (χ2n) is 4.68. The number of hydrogen-bond acceptors (Lipinski definition) is 4. The highest BCUT2D eigenvalue weighted by molar-refractivity contribution is 8.00. The van der Waals surface area contributed by atoms with Gasteiger partial charge < -0.3 is 10.1 Å². The van der Waals surface area contributed by atoms with Gasteiger partial charge in [0.25, 0.3) is 0 Å². The maximum absolute atomic E-state index is 11.9. The lowest BCUT2D eigenvalue weighted by atomic mass is 10.3. The molecule has 0 spiro atoms. The van der Waals surface area contributed by atoms with Gasteiger partial charge in [-0.1, -0.05) is 6.07 Å². The van der Waals surface area contributed by atoms with E-state index >= 15 is 0 Å². The Balaban J connectivity index is 1.84. The molecule has 20 heavy (non-hydrogen) atoms. The van der Waals surface area contributed by atoms with Gasteiger partial charge in [-0.3, -0.25) is 10.1 Å². The summed E-state index contributed by atoms with van der Waals surface area (Å²) in [4.78, 5) is 24.3. The van der Waals surface area contributed by atoms with Crippen LogP contribution in [0.1, 0.15) is 19.8 Å². The Morgan fingerprint density at radius 3 is 2.80 bits per heavy atom. The zero-order chi connectivity index (χ0) is 14.5. The molecular weight excluding hydrogens is 276 g/mol. The van der Waals surface area contributed by atoms with Crippen LogP contribution in [0.25, 0.3) is 0 Å². The smallest absolute Gasteiger partial charge is 0.321 e. The van der Waals surface area contributed by atoms with E-state index in [0.717, 1.165) is 23.5 Å². The van der Waals surface area contributed by atoms with Crippen molar-refractivity contribution in [3.63, 3.8) is 0 Å². The van der Waals surface area contributed by atoms with E-state index in [1.807, 2.05) is 24.3 Å². The summed E-state index contributed by atoms with van der Waals surface area (Å²) in [6.45, 7) is 1.77. The largest absolute Gasteiger partial charge is 0.497 e. The fourth-order valence-electron chi connectivity index (χ4n) is 1.59. The molecule has 108 valence electrons.